The number of aromatic nitrogens is 2. The topological polar surface area (TPSA) is 58.1 Å². The van der Waals surface area contributed by atoms with Crippen LogP contribution in [0, 0.1) is 5.92 Å². The van der Waals surface area contributed by atoms with Gasteiger partial charge in [-0.1, -0.05) is 17.8 Å². The van der Waals surface area contributed by atoms with Crippen molar-refractivity contribution in [2.45, 2.75) is 38.8 Å². The van der Waals surface area contributed by atoms with E-state index in [0.717, 1.165) is 30.1 Å². The van der Waals surface area contributed by atoms with Gasteiger partial charge in [-0.2, -0.15) is 13.2 Å². The van der Waals surface area contributed by atoms with Crippen molar-refractivity contribution in [1.29, 1.82) is 0 Å². The molecule has 0 aliphatic carbocycles. The monoisotopic (exact) mass is 350 g/mol. The first-order valence-corrected chi connectivity index (χ1v) is 8.55. The number of carbonyl (C=O) groups is 1. The van der Waals surface area contributed by atoms with E-state index in [-0.39, 0.29) is 11.8 Å². The maximum atomic E-state index is 12.3. The van der Waals surface area contributed by atoms with E-state index in [0.29, 0.717) is 37.4 Å². The number of rotatable bonds is 6. The van der Waals surface area contributed by atoms with Crippen LogP contribution in [0.3, 0.4) is 0 Å². The van der Waals surface area contributed by atoms with E-state index in [4.69, 9.17) is 0 Å². The molecule has 1 N–H and O–H groups in total. The second kappa shape index (κ2) is 8.05. The average molecular weight is 350 g/mol. The largest absolute Gasteiger partial charge is 0.401 e. The van der Waals surface area contributed by atoms with Crippen LogP contribution in [0.2, 0.25) is 0 Å². The SMILES string of the molecule is CCCc1nnsc1C(=O)NCC1CCN(CC(F)(F)F)CC1. The highest BCUT2D eigenvalue weighted by Crippen LogP contribution is 2.22. The standard InChI is InChI=1S/C14H21F3N4OS/c1-2-3-11-12(23-20-19-11)13(22)18-8-10-4-6-21(7-5-10)9-14(15,16)17/h10H,2-9H2,1H3,(H,18,22). The molecule has 1 amide bonds. The lowest BCUT2D eigenvalue weighted by atomic mass is 9.97. The fraction of sp³-hybridized carbons (Fsp3) is 0.786. The maximum absolute atomic E-state index is 12.3. The molecule has 2 heterocycles. The summed E-state index contributed by atoms with van der Waals surface area (Å²) >= 11 is 1.08. The van der Waals surface area contributed by atoms with Gasteiger partial charge < -0.3 is 5.32 Å². The Hall–Kier alpha value is -1.22. The van der Waals surface area contributed by atoms with Crippen molar-refractivity contribution >= 4 is 17.4 Å². The van der Waals surface area contributed by atoms with E-state index < -0.39 is 12.7 Å². The minimum atomic E-state index is -4.14. The number of hydrogen-bond donors (Lipinski definition) is 1. The predicted octanol–water partition coefficient (Wildman–Crippen LogP) is 2.49. The average Bonchev–Trinajstić information content (AvgIpc) is 2.93. The summed E-state index contributed by atoms with van der Waals surface area (Å²) in [5.41, 5.74) is 0.718. The van der Waals surface area contributed by atoms with E-state index in [1.807, 2.05) is 6.92 Å². The van der Waals surface area contributed by atoms with Crippen LogP contribution in [0.5, 0.6) is 0 Å². The zero-order chi connectivity index (χ0) is 16.9. The molecule has 0 aromatic carbocycles. The Balaban J connectivity index is 1.75. The normalized spacial score (nSPS) is 17.4. The van der Waals surface area contributed by atoms with E-state index in [1.165, 1.54) is 4.90 Å². The van der Waals surface area contributed by atoms with Gasteiger partial charge in [-0.05, 0) is 49.8 Å². The Bertz CT molecular complexity index is 512. The van der Waals surface area contributed by atoms with E-state index in [1.54, 1.807) is 0 Å². The quantitative estimate of drug-likeness (QED) is 0.856. The molecule has 5 nitrogen and oxygen atoms in total. The van der Waals surface area contributed by atoms with Crippen LogP contribution < -0.4 is 5.32 Å². The highest BCUT2D eigenvalue weighted by atomic mass is 32.1. The molecular weight excluding hydrogens is 329 g/mol. The summed E-state index contributed by atoms with van der Waals surface area (Å²) in [6.45, 7) is 2.49. The molecule has 1 aliphatic heterocycles. The van der Waals surface area contributed by atoms with Crippen molar-refractivity contribution in [3.05, 3.63) is 10.6 Å². The molecule has 2 rings (SSSR count). The molecule has 0 spiro atoms. The molecule has 130 valence electrons. The van der Waals surface area contributed by atoms with Crippen LogP contribution in [-0.4, -0.2) is 52.7 Å². The van der Waals surface area contributed by atoms with E-state index in [9.17, 15) is 18.0 Å². The lowest BCUT2D eigenvalue weighted by Gasteiger charge is -2.32. The molecule has 0 unspecified atom stereocenters. The van der Waals surface area contributed by atoms with Crippen molar-refractivity contribution in [3.63, 3.8) is 0 Å². The summed E-state index contributed by atoms with van der Waals surface area (Å²) in [5, 5.41) is 6.83. The number of likely N-dealkylation sites (tertiary alicyclic amines) is 1. The molecular formula is C14H21F3N4OS. The minimum absolute atomic E-state index is 0.179. The molecule has 0 saturated carbocycles. The first-order valence-electron chi connectivity index (χ1n) is 7.77. The number of nitrogens with one attached hydrogen (secondary N) is 1. The van der Waals surface area contributed by atoms with Gasteiger partial charge in [0.1, 0.15) is 4.88 Å². The van der Waals surface area contributed by atoms with Crippen LogP contribution in [-0.2, 0) is 6.42 Å². The number of halogens is 3. The minimum Gasteiger partial charge on any atom is -0.351 e. The zero-order valence-corrected chi connectivity index (χ0v) is 13.8. The fourth-order valence-corrected chi connectivity index (χ4v) is 3.33. The highest BCUT2D eigenvalue weighted by Gasteiger charge is 2.32. The van der Waals surface area contributed by atoms with Gasteiger partial charge in [0.2, 0.25) is 0 Å². The maximum Gasteiger partial charge on any atom is 0.401 e. The number of aryl methyl sites for hydroxylation is 1. The molecule has 9 heteroatoms. The molecule has 0 atom stereocenters. The fourth-order valence-electron chi connectivity index (χ4n) is 2.70. The summed E-state index contributed by atoms with van der Waals surface area (Å²) in [4.78, 5) is 14.1. The number of carbonyl (C=O) groups excluding carboxylic acids is 1. The summed E-state index contributed by atoms with van der Waals surface area (Å²) in [5.74, 6) is 0.0418. The third kappa shape index (κ3) is 5.72. The van der Waals surface area contributed by atoms with Gasteiger partial charge in [-0.25, -0.2) is 0 Å². The predicted molar refractivity (Wildman–Crippen MR) is 81.5 cm³/mol. The van der Waals surface area contributed by atoms with Crippen molar-refractivity contribution in [2.75, 3.05) is 26.2 Å². The third-order valence-corrected chi connectivity index (χ3v) is 4.68. The first kappa shape index (κ1) is 18.1. The summed E-state index contributed by atoms with van der Waals surface area (Å²) in [7, 11) is 0. The van der Waals surface area contributed by atoms with Crippen LogP contribution in [0.15, 0.2) is 0 Å². The summed E-state index contributed by atoms with van der Waals surface area (Å²) in [6.07, 6.45) is -1.20. The summed E-state index contributed by atoms with van der Waals surface area (Å²) in [6, 6.07) is 0. The Morgan fingerprint density at radius 1 is 1.39 bits per heavy atom. The van der Waals surface area contributed by atoms with Crippen molar-refractivity contribution in [2.24, 2.45) is 5.92 Å². The second-order valence-corrected chi connectivity index (χ2v) is 6.60. The molecule has 1 saturated heterocycles. The third-order valence-electron chi connectivity index (χ3n) is 3.91. The van der Waals surface area contributed by atoms with Gasteiger partial charge in [-0.15, -0.1) is 5.10 Å². The summed E-state index contributed by atoms with van der Waals surface area (Å²) < 4.78 is 40.8. The number of amides is 1. The highest BCUT2D eigenvalue weighted by molar-refractivity contribution is 7.08. The first-order chi connectivity index (χ1) is 10.9. The smallest absolute Gasteiger partial charge is 0.351 e. The van der Waals surface area contributed by atoms with Gasteiger partial charge in [-0.3, -0.25) is 9.69 Å². The van der Waals surface area contributed by atoms with Gasteiger partial charge in [0.25, 0.3) is 5.91 Å². The molecule has 0 radical (unpaired) electrons. The van der Waals surface area contributed by atoms with E-state index >= 15 is 0 Å². The number of hydrogen-bond acceptors (Lipinski definition) is 5. The lowest BCUT2D eigenvalue weighted by Crippen LogP contribution is -2.42. The van der Waals surface area contributed by atoms with Gasteiger partial charge >= 0.3 is 6.18 Å². The Morgan fingerprint density at radius 2 is 2.09 bits per heavy atom. The van der Waals surface area contributed by atoms with Gasteiger partial charge in [0.05, 0.1) is 12.2 Å². The van der Waals surface area contributed by atoms with Crippen LogP contribution in [0.1, 0.15) is 41.6 Å². The van der Waals surface area contributed by atoms with Crippen molar-refractivity contribution in [1.82, 2.24) is 19.8 Å². The molecule has 1 aromatic rings. The van der Waals surface area contributed by atoms with Gasteiger partial charge in [0, 0.05) is 6.54 Å². The Kier molecular flexibility index (Phi) is 6.34. The number of nitrogens with zero attached hydrogens (tertiary/aromatic N) is 3. The zero-order valence-electron chi connectivity index (χ0n) is 13.0. The molecule has 1 fully saturated rings. The lowest BCUT2D eigenvalue weighted by molar-refractivity contribution is -0.148. The Morgan fingerprint density at radius 3 is 2.70 bits per heavy atom. The van der Waals surface area contributed by atoms with Gasteiger partial charge in [0.15, 0.2) is 0 Å². The Labute approximate surface area is 137 Å². The molecule has 23 heavy (non-hydrogen) atoms. The van der Waals surface area contributed by atoms with Crippen LogP contribution >= 0.6 is 11.5 Å². The number of piperidine rings is 1. The second-order valence-electron chi connectivity index (χ2n) is 5.84. The molecule has 1 aliphatic rings. The molecule has 1 aromatic heterocycles. The van der Waals surface area contributed by atoms with Crippen molar-refractivity contribution < 1.29 is 18.0 Å². The van der Waals surface area contributed by atoms with Crippen LogP contribution in [0.25, 0.3) is 0 Å². The van der Waals surface area contributed by atoms with Crippen molar-refractivity contribution in [3.8, 4) is 0 Å². The molecule has 0 bridgehead atoms. The van der Waals surface area contributed by atoms with Crippen LogP contribution in [0.4, 0.5) is 13.2 Å². The van der Waals surface area contributed by atoms with E-state index in [2.05, 4.69) is 14.9 Å². The number of alkyl halides is 3.